The lowest BCUT2D eigenvalue weighted by atomic mass is 10.1. The molecule has 4 nitrogen and oxygen atoms in total. The Labute approximate surface area is 94.8 Å². The van der Waals surface area contributed by atoms with Crippen LogP contribution in [0.3, 0.4) is 0 Å². The Bertz CT molecular complexity index is 360. The fourth-order valence-corrected chi connectivity index (χ4v) is 1.36. The molecule has 0 aliphatic carbocycles. The van der Waals surface area contributed by atoms with Crippen molar-refractivity contribution < 1.29 is 19.4 Å². The summed E-state index contributed by atoms with van der Waals surface area (Å²) < 4.78 is 10.6. The summed E-state index contributed by atoms with van der Waals surface area (Å²) in [6.07, 6.45) is 0. The van der Waals surface area contributed by atoms with Crippen LogP contribution < -0.4 is 4.74 Å². The van der Waals surface area contributed by atoms with Crippen LogP contribution in [0.5, 0.6) is 5.75 Å². The fourth-order valence-electron chi connectivity index (χ4n) is 1.36. The van der Waals surface area contributed by atoms with E-state index >= 15 is 0 Å². The third kappa shape index (κ3) is 3.24. The van der Waals surface area contributed by atoms with Gasteiger partial charge in [-0.15, -0.1) is 0 Å². The predicted octanol–water partition coefficient (Wildman–Crippen LogP) is 2.11. The highest BCUT2D eigenvalue weighted by molar-refractivity contribution is 5.90. The monoisotopic (exact) mass is 224 g/mol. The number of carboxylic acids is 1. The molecule has 1 aromatic rings. The van der Waals surface area contributed by atoms with E-state index in [0.29, 0.717) is 31.1 Å². The van der Waals surface area contributed by atoms with E-state index in [-0.39, 0.29) is 5.56 Å². The first-order chi connectivity index (χ1) is 7.66. The number of carboxylic acid groups (broad SMARTS) is 1. The van der Waals surface area contributed by atoms with Crippen molar-refractivity contribution in [3.05, 3.63) is 29.3 Å². The predicted molar refractivity (Wildman–Crippen MR) is 60.1 cm³/mol. The van der Waals surface area contributed by atoms with Gasteiger partial charge in [-0.25, -0.2) is 4.79 Å². The molecule has 4 heteroatoms. The lowest BCUT2D eigenvalue weighted by Gasteiger charge is -2.10. The molecule has 0 saturated heterocycles. The number of ether oxygens (including phenoxy) is 2. The number of rotatable bonds is 6. The first kappa shape index (κ1) is 12.5. The fraction of sp³-hybridized carbons (Fsp3) is 0.417. The summed E-state index contributed by atoms with van der Waals surface area (Å²) >= 11 is 0. The molecule has 0 spiro atoms. The van der Waals surface area contributed by atoms with Crippen LogP contribution in [0, 0.1) is 6.92 Å². The molecule has 0 aromatic heterocycles. The second kappa shape index (κ2) is 6.12. The average molecular weight is 224 g/mol. The molecule has 1 rings (SSSR count). The average Bonchev–Trinajstić information content (AvgIpc) is 2.26. The van der Waals surface area contributed by atoms with Gasteiger partial charge >= 0.3 is 5.97 Å². The summed E-state index contributed by atoms with van der Waals surface area (Å²) in [5.41, 5.74) is 0.917. The van der Waals surface area contributed by atoms with E-state index < -0.39 is 5.97 Å². The highest BCUT2D eigenvalue weighted by atomic mass is 16.5. The van der Waals surface area contributed by atoms with Crippen molar-refractivity contribution in [1.29, 1.82) is 0 Å². The third-order valence-corrected chi connectivity index (χ3v) is 2.20. The van der Waals surface area contributed by atoms with Crippen molar-refractivity contribution in [3.63, 3.8) is 0 Å². The Morgan fingerprint density at radius 3 is 2.75 bits per heavy atom. The van der Waals surface area contributed by atoms with Gasteiger partial charge in [-0.05, 0) is 26.0 Å². The number of hydrogen-bond donors (Lipinski definition) is 1. The maximum Gasteiger partial charge on any atom is 0.336 e. The lowest BCUT2D eigenvalue weighted by Crippen LogP contribution is -2.08. The van der Waals surface area contributed by atoms with Crippen LogP contribution in [0.25, 0.3) is 0 Å². The number of hydrogen-bond acceptors (Lipinski definition) is 3. The normalized spacial score (nSPS) is 10.1. The molecule has 0 aliphatic heterocycles. The number of aromatic carboxylic acids is 1. The summed E-state index contributed by atoms with van der Waals surface area (Å²) in [6, 6.07) is 4.99. The molecular weight excluding hydrogens is 208 g/mol. The quantitative estimate of drug-likeness (QED) is 0.752. The Hall–Kier alpha value is -1.55. The molecule has 0 atom stereocenters. The topological polar surface area (TPSA) is 55.8 Å². The minimum Gasteiger partial charge on any atom is -0.491 e. The van der Waals surface area contributed by atoms with E-state index in [2.05, 4.69) is 0 Å². The molecular formula is C12H16O4. The van der Waals surface area contributed by atoms with Crippen LogP contribution in [-0.2, 0) is 4.74 Å². The molecule has 0 saturated carbocycles. The minimum atomic E-state index is -0.937. The molecule has 0 bridgehead atoms. The van der Waals surface area contributed by atoms with Crippen LogP contribution in [0.4, 0.5) is 0 Å². The van der Waals surface area contributed by atoms with E-state index in [1.807, 2.05) is 6.92 Å². The van der Waals surface area contributed by atoms with Crippen LogP contribution >= 0.6 is 0 Å². The van der Waals surface area contributed by atoms with E-state index in [1.165, 1.54) is 0 Å². The molecule has 0 heterocycles. The van der Waals surface area contributed by atoms with Crippen molar-refractivity contribution in [1.82, 2.24) is 0 Å². The zero-order valence-corrected chi connectivity index (χ0v) is 9.53. The zero-order chi connectivity index (χ0) is 12.0. The first-order valence-corrected chi connectivity index (χ1v) is 5.20. The molecule has 0 radical (unpaired) electrons. The molecule has 0 aliphatic rings. The van der Waals surface area contributed by atoms with Crippen LogP contribution in [0.2, 0.25) is 0 Å². The molecule has 1 N–H and O–H groups in total. The van der Waals surface area contributed by atoms with E-state index in [0.717, 1.165) is 0 Å². The Balaban J connectivity index is 2.66. The molecule has 1 aromatic carbocycles. The Morgan fingerprint density at radius 2 is 2.12 bits per heavy atom. The Morgan fingerprint density at radius 1 is 1.38 bits per heavy atom. The summed E-state index contributed by atoms with van der Waals surface area (Å²) in [5.74, 6) is -0.340. The van der Waals surface area contributed by atoms with Crippen molar-refractivity contribution in [2.24, 2.45) is 0 Å². The van der Waals surface area contributed by atoms with Gasteiger partial charge in [0.2, 0.25) is 0 Å². The summed E-state index contributed by atoms with van der Waals surface area (Å²) in [6.45, 7) is 5.23. The van der Waals surface area contributed by atoms with Crippen LogP contribution in [0.15, 0.2) is 18.2 Å². The van der Waals surface area contributed by atoms with Crippen molar-refractivity contribution in [3.8, 4) is 5.75 Å². The second-order valence-electron chi connectivity index (χ2n) is 3.28. The summed E-state index contributed by atoms with van der Waals surface area (Å²) in [5, 5.41) is 8.92. The molecule has 88 valence electrons. The maximum absolute atomic E-state index is 10.9. The minimum absolute atomic E-state index is 0.272. The van der Waals surface area contributed by atoms with Gasteiger partial charge in [0, 0.05) is 12.2 Å². The van der Waals surface area contributed by atoms with Crippen LogP contribution in [0.1, 0.15) is 22.8 Å². The summed E-state index contributed by atoms with van der Waals surface area (Å²) in [7, 11) is 0. The highest BCUT2D eigenvalue weighted by Crippen LogP contribution is 2.21. The van der Waals surface area contributed by atoms with Gasteiger partial charge in [-0.1, -0.05) is 6.07 Å². The van der Waals surface area contributed by atoms with Gasteiger partial charge in [0.1, 0.15) is 12.4 Å². The lowest BCUT2D eigenvalue weighted by molar-refractivity contribution is 0.0695. The SMILES string of the molecule is CCOCCOc1cccc(C(=O)O)c1C. The van der Waals surface area contributed by atoms with Gasteiger partial charge in [-0.3, -0.25) is 0 Å². The van der Waals surface area contributed by atoms with Gasteiger partial charge < -0.3 is 14.6 Å². The zero-order valence-electron chi connectivity index (χ0n) is 9.53. The van der Waals surface area contributed by atoms with Gasteiger partial charge in [0.15, 0.2) is 0 Å². The second-order valence-corrected chi connectivity index (χ2v) is 3.28. The molecule has 16 heavy (non-hydrogen) atoms. The van der Waals surface area contributed by atoms with Gasteiger partial charge in [0.25, 0.3) is 0 Å². The van der Waals surface area contributed by atoms with E-state index in [4.69, 9.17) is 14.6 Å². The van der Waals surface area contributed by atoms with Crippen molar-refractivity contribution in [2.45, 2.75) is 13.8 Å². The number of benzene rings is 1. The molecule has 0 unspecified atom stereocenters. The standard InChI is InChI=1S/C12H16O4/c1-3-15-7-8-16-11-6-4-5-10(9(11)2)12(13)14/h4-6H,3,7-8H2,1-2H3,(H,13,14). The van der Waals surface area contributed by atoms with E-state index in [1.54, 1.807) is 25.1 Å². The smallest absolute Gasteiger partial charge is 0.336 e. The molecule has 0 amide bonds. The Kier molecular flexibility index (Phi) is 4.79. The van der Waals surface area contributed by atoms with Crippen molar-refractivity contribution >= 4 is 5.97 Å². The number of carbonyl (C=O) groups is 1. The highest BCUT2D eigenvalue weighted by Gasteiger charge is 2.10. The van der Waals surface area contributed by atoms with Gasteiger partial charge in [0.05, 0.1) is 12.2 Å². The maximum atomic E-state index is 10.9. The van der Waals surface area contributed by atoms with Gasteiger partial charge in [-0.2, -0.15) is 0 Å². The first-order valence-electron chi connectivity index (χ1n) is 5.20. The third-order valence-electron chi connectivity index (χ3n) is 2.20. The molecule has 0 fully saturated rings. The summed E-state index contributed by atoms with van der Waals surface area (Å²) in [4.78, 5) is 10.9. The van der Waals surface area contributed by atoms with E-state index in [9.17, 15) is 4.79 Å². The largest absolute Gasteiger partial charge is 0.491 e. The van der Waals surface area contributed by atoms with Crippen molar-refractivity contribution in [2.75, 3.05) is 19.8 Å². The van der Waals surface area contributed by atoms with Crippen LogP contribution in [-0.4, -0.2) is 30.9 Å².